The monoisotopic (exact) mass is 287 g/mol. The summed E-state index contributed by atoms with van der Waals surface area (Å²) < 4.78 is 39.2. The van der Waals surface area contributed by atoms with E-state index in [1.807, 2.05) is 0 Å². The van der Waals surface area contributed by atoms with Gasteiger partial charge in [0, 0.05) is 24.1 Å². The second kappa shape index (κ2) is 5.37. The Hall–Kier alpha value is -1.93. The van der Waals surface area contributed by atoms with E-state index in [0.29, 0.717) is 17.1 Å². The van der Waals surface area contributed by atoms with Gasteiger partial charge in [-0.15, -0.1) is 11.3 Å². The smallest absolute Gasteiger partial charge is 0.275 e. The normalized spacial score (nSPS) is 10.5. The number of hydrogen-bond donors (Lipinski definition) is 2. The number of carbonyl (C=O) groups is 1. The van der Waals surface area contributed by atoms with Crippen LogP contribution in [0.1, 0.15) is 15.5 Å². The Morgan fingerprint density at radius 1 is 1.37 bits per heavy atom. The van der Waals surface area contributed by atoms with E-state index in [0.717, 1.165) is 11.3 Å². The number of rotatable bonds is 3. The van der Waals surface area contributed by atoms with Crippen molar-refractivity contribution in [2.75, 3.05) is 5.32 Å². The molecule has 1 aromatic heterocycles. The van der Waals surface area contributed by atoms with Crippen LogP contribution in [0.3, 0.4) is 0 Å². The summed E-state index contributed by atoms with van der Waals surface area (Å²) >= 11 is 1.16. The molecule has 0 saturated heterocycles. The molecule has 0 aliphatic carbocycles. The molecule has 4 nitrogen and oxygen atoms in total. The predicted molar refractivity (Wildman–Crippen MR) is 64.3 cm³/mol. The van der Waals surface area contributed by atoms with Crippen LogP contribution in [0.25, 0.3) is 0 Å². The number of anilines is 1. The molecule has 0 bridgehead atoms. The lowest BCUT2D eigenvalue weighted by atomic mass is 10.2. The molecule has 2 rings (SSSR count). The lowest BCUT2D eigenvalue weighted by molar-refractivity contribution is 0.102. The zero-order chi connectivity index (χ0) is 14.0. The second-order valence-corrected chi connectivity index (χ2v) is 4.48. The SMILES string of the molecule is NCc1nc(C(=O)Nc2cc(F)cc(F)c2F)cs1. The molecule has 0 atom stereocenters. The van der Waals surface area contributed by atoms with E-state index in [4.69, 9.17) is 5.73 Å². The van der Waals surface area contributed by atoms with Gasteiger partial charge in [0.05, 0.1) is 5.69 Å². The van der Waals surface area contributed by atoms with Crippen molar-refractivity contribution in [2.45, 2.75) is 6.54 Å². The Bertz CT molecular complexity index is 630. The van der Waals surface area contributed by atoms with Crippen molar-refractivity contribution in [3.05, 3.63) is 45.7 Å². The molecule has 3 N–H and O–H groups in total. The summed E-state index contributed by atoms with van der Waals surface area (Å²) in [5.41, 5.74) is 4.77. The van der Waals surface area contributed by atoms with Gasteiger partial charge in [-0.1, -0.05) is 0 Å². The zero-order valence-corrected chi connectivity index (χ0v) is 10.2. The predicted octanol–water partition coefficient (Wildman–Crippen LogP) is 2.27. The first-order valence-corrected chi connectivity index (χ1v) is 5.99. The fourth-order valence-corrected chi connectivity index (χ4v) is 2.00. The number of thiazole rings is 1. The van der Waals surface area contributed by atoms with E-state index in [1.165, 1.54) is 5.38 Å². The van der Waals surface area contributed by atoms with Crippen LogP contribution >= 0.6 is 11.3 Å². The molecule has 100 valence electrons. The average molecular weight is 287 g/mol. The van der Waals surface area contributed by atoms with Gasteiger partial charge in [-0.25, -0.2) is 18.2 Å². The topological polar surface area (TPSA) is 68.0 Å². The number of amides is 1. The van der Waals surface area contributed by atoms with Crippen LogP contribution in [0.4, 0.5) is 18.9 Å². The van der Waals surface area contributed by atoms with E-state index >= 15 is 0 Å². The van der Waals surface area contributed by atoms with Gasteiger partial charge in [-0.05, 0) is 0 Å². The minimum absolute atomic E-state index is 0.00881. The van der Waals surface area contributed by atoms with E-state index in [-0.39, 0.29) is 12.2 Å². The second-order valence-electron chi connectivity index (χ2n) is 3.53. The third-order valence-corrected chi connectivity index (χ3v) is 3.07. The number of hydrogen-bond acceptors (Lipinski definition) is 4. The highest BCUT2D eigenvalue weighted by atomic mass is 32.1. The summed E-state index contributed by atoms with van der Waals surface area (Å²) in [5.74, 6) is -4.46. The first-order chi connectivity index (χ1) is 9.01. The van der Waals surface area contributed by atoms with E-state index in [2.05, 4.69) is 10.3 Å². The minimum atomic E-state index is -1.38. The highest BCUT2D eigenvalue weighted by molar-refractivity contribution is 7.09. The number of nitrogens with two attached hydrogens (primary N) is 1. The van der Waals surface area contributed by atoms with Crippen molar-refractivity contribution in [3.63, 3.8) is 0 Å². The maximum absolute atomic E-state index is 13.3. The summed E-state index contributed by atoms with van der Waals surface area (Å²) in [4.78, 5) is 15.6. The van der Waals surface area contributed by atoms with Crippen LogP contribution in [-0.2, 0) is 6.54 Å². The van der Waals surface area contributed by atoms with Crippen LogP contribution in [0, 0.1) is 17.5 Å². The summed E-state index contributed by atoms with van der Waals surface area (Å²) in [6.07, 6.45) is 0. The Morgan fingerprint density at radius 3 is 2.74 bits per heavy atom. The lowest BCUT2D eigenvalue weighted by Gasteiger charge is -2.05. The van der Waals surface area contributed by atoms with Gasteiger partial charge < -0.3 is 11.1 Å². The van der Waals surface area contributed by atoms with Crippen LogP contribution in [0.2, 0.25) is 0 Å². The van der Waals surface area contributed by atoms with E-state index < -0.39 is 29.0 Å². The van der Waals surface area contributed by atoms with Gasteiger partial charge in [0.2, 0.25) is 0 Å². The lowest BCUT2D eigenvalue weighted by Crippen LogP contribution is -2.14. The van der Waals surface area contributed by atoms with Crippen molar-refractivity contribution >= 4 is 22.9 Å². The summed E-state index contributed by atoms with van der Waals surface area (Å²) in [6.45, 7) is 0.168. The molecular formula is C11H8F3N3OS. The molecule has 0 spiro atoms. The Balaban J connectivity index is 2.23. The van der Waals surface area contributed by atoms with Crippen molar-refractivity contribution in [3.8, 4) is 0 Å². The van der Waals surface area contributed by atoms with Crippen LogP contribution < -0.4 is 11.1 Å². The molecule has 0 unspecified atom stereocenters. The highest BCUT2D eigenvalue weighted by Crippen LogP contribution is 2.20. The molecule has 0 radical (unpaired) electrons. The van der Waals surface area contributed by atoms with Gasteiger partial charge in [-0.3, -0.25) is 4.79 Å². The number of halogens is 3. The number of nitrogens with one attached hydrogen (secondary N) is 1. The van der Waals surface area contributed by atoms with E-state index in [1.54, 1.807) is 0 Å². The molecule has 0 aliphatic rings. The van der Waals surface area contributed by atoms with Gasteiger partial charge >= 0.3 is 0 Å². The largest absolute Gasteiger partial charge is 0.325 e. The average Bonchev–Trinajstić information content (AvgIpc) is 2.84. The summed E-state index contributed by atoms with van der Waals surface area (Å²) in [5, 5.41) is 4.00. The van der Waals surface area contributed by atoms with Crippen molar-refractivity contribution in [1.82, 2.24) is 4.98 Å². The van der Waals surface area contributed by atoms with Crippen LogP contribution in [0.15, 0.2) is 17.5 Å². The number of carbonyl (C=O) groups excluding carboxylic acids is 1. The molecule has 1 heterocycles. The maximum Gasteiger partial charge on any atom is 0.275 e. The molecule has 8 heteroatoms. The van der Waals surface area contributed by atoms with Crippen molar-refractivity contribution < 1.29 is 18.0 Å². The number of nitrogens with zero attached hydrogens (tertiary/aromatic N) is 1. The first-order valence-electron chi connectivity index (χ1n) is 5.11. The molecule has 0 fully saturated rings. The van der Waals surface area contributed by atoms with E-state index in [9.17, 15) is 18.0 Å². The Kier molecular flexibility index (Phi) is 3.82. The molecule has 0 aliphatic heterocycles. The molecule has 1 amide bonds. The quantitative estimate of drug-likeness (QED) is 0.851. The minimum Gasteiger partial charge on any atom is -0.325 e. The number of benzene rings is 1. The highest BCUT2D eigenvalue weighted by Gasteiger charge is 2.16. The summed E-state index contributed by atoms with van der Waals surface area (Å²) in [7, 11) is 0. The number of aromatic nitrogens is 1. The van der Waals surface area contributed by atoms with Gasteiger partial charge in [0.15, 0.2) is 11.6 Å². The third-order valence-electron chi connectivity index (χ3n) is 2.20. The molecule has 1 aromatic carbocycles. The fourth-order valence-electron chi connectivity index (χ4n) is 1.34. The molecule has 19 heavy (non-hydrogen) atoms. The fraction of sp³-hybridized carbons (Fsp3) is 0.0909. The van der Waals surface area contributed by atoms with Crippen LogP contribution in [-0.4, -0.2) is 10.9 Å². The summed E-state index contributed by atoms with van der Waals surface area (Å²) in [6, 6.07) is 1.08. The Morgan fingerprint density at radius 2 is 2.11 bits per heavy atom. The first kappa shape index (κ1) is 13.5. The Labute approximate surface area is 110 Å². The maximum atomic E-state index is 13.3. The van der Waals surface area contributed by atoms with Crippen LogP contribution in [0.5, 0.6) is 0 Å². The van der Waals surface area contributed by atoms with Gasteiger partial charge in [0.25, 0.3) is 5.91 Å². The zero-order valence-electron chi connectivity index (χ0n) is 9.41. The third kappa shape index (κ3) is 2.91. The molecule has 0 saturated carbocycles. The van der Waals surface area contributed by atoms with Crippen molar-refractivity contribution in [1.29, 1.82) is 0 Å². The van der Waals surface area contributed by atoms with Gasteiger partial charge in [-0.2, -0.15) is 0 Å². The molecular weight excluding hydrogens is 279 g/mol. The van der Waals surface area contributed by atoms with Crippen molar-refractivity contribution in [2.24, 2.45) is 5.73 Å². The van der Waals surface area contributed by atoms with Gasteiger partial charge in [0.1, 0.15) is 16.5 Å². The standard InChI is InChI=1S/C11H8F3N3OS/c12-5-1-6(13)10(14)7(2-5)17-11(18)8-4-19-9(3-15)16-8/h1-2,4H,3,15H2,(H,17,18). The molecule has 2 aromatic rings.